The van der Waals surface area contributed by atoms with Crippen LogP contribution in [-0.4, -0.2) is 44.4 Å². The van der Waals surface area contributed by atoms with Gasteiger partial charge in [0.1, 0.15) is 22.5 Å². The molecule has 0 atom stereocenters. The molecule has 3 aromatic heterocycles. The van der Waals surface area contributed by atoms with Gasteiger partial charge in [-0.25, -0.2) is 15.0 Å². The summed E-state index contributed by atoms with van der Waals surface area (Å²) >= 11 is 6.44. The van der Waals surface area contributed by atoms with Gasteiger partial charge in [-0.3, -0.25) is 13.9 Å². The lowest BCUT2D eigenvalue weighted by Gasteiger charge is -2.12. The van der Waals surface area contributed by atoms with E-state index < -0.39 is 0 Å². The standard InChI is InChI=1S/C25H24ClN5O3/c1-4-34-13-7-12-30-15(2)27-23-21(25(30)32)22-24(29-19-9-6-5-8-18(19)28-22)31(23)16-10-11-20(33-3)17(26)14-16/h5-6,8-11,14H,4,7,12-13H2,1-3H3. The van der Waals surface area contributed by atoms with Crippen LogP contribution in [0.5, 0.6) is 5.75 Å². The minimum atomic E-state index is -0.146. The van der Waals surface area contributed by atoms with Gasteiger partial charge in [0.25, 0.3) is 5.56 Å². The number of aromatic nitrogens is 5. The first-order valence-corrected chi connectivity index (χ1v) is 11.5. The number of aryl methyl sites for hydroxylation is 1. The van der Waals surface area contributed by atoms with Gasteiger partial charge in [-0.15, -0.1) is 0 Å². The van der Waals surface area contributed by atoms with E-state index in [9.17, 15) is 4.79 Å². The summed E-state index contributed by atoms with van der Waals surface area (Å²) in [6.07, 6.45) is 0.711. The molecule has 174 valence electrons. The monoisotopic (exact) mass is 477 g/mol. The first-order valence-electron chi connectivity index (χ1n) is 11.1. The van der Waals surface area contributed by atoms with E-state index in [2.05, 4.69) is 0 Å². The predicted octanol–water partition coefficient (Wildman–Crippen LogP) is 4.68. The van der Waals surface area contributed by atoms with Crippen LogP contribution in [0.3, 0.4) is 0 Å². The molecule has 3 heterocycles. The van der Waals surface area contributed by atoms with Crippen LogP contribution >= 0.6 is 11.6 Å². The van der Waals surface area contributed by atoms with Crippen LogP contribution in [-0.2, 0) is 11.3 Å². The van der Waals surface area contributed by atoms with Crippen molar-refractivity contribution in [3.05, 3.63) is 63.7 Å². The van der Waals surface area contributed by atoms with Crippen LogP contribution in [0.2, 0.25) is 5.02 Å². The maximum atomic E-state index is 13.7. The summed E-state index contributed by atoms with van der Waals surface area (Å²) in [5.74, 6) is 1.17. The third kappa shape index (κ3) is 3.69. The SMILES string of the molecule is CCOCCCn1c(C)nc2c(c1=O)c1nc3ccccc3nc1n2-c1ccc(OC)c(Cl)c1. The van der Waals surface area contributed by atoms with Gasteiger partial charge in [0, 0.05) is 19.8 Å². The number of ether oxygens (including phenoxy) is 2. The van der Waals surface area contributed by atoms with E-state index in [1.807, 2.05) is 48.7 Å². The molecule has 0 spiro atoms. The quantitative estimate of drug-likeness (QED) is 0.316. The van der Waals surface area contributed by atoms with Crippen LogP contribution < -0.4 is 10.3 Å². The summed E-state index contributed by atoms with van der Waals surface area (Å²) in [5, 5.41) is 0.881. The first-order chi connectivity index (χ1) is 16.5. The predicted molar refractivity (Wildman–Crippen MR) is 133 cm³/mol. The maximum Gasteiger partial charge on any atom is 0.265 e. The number of methoxy groups -OCH3 is 1. The van der Waals surface area contributed by atoms with Gasteiger partial charge in [-0.1, -0.05) is 23.7 Å². The second kappa shape index (κ2) is 9.04. The average molecular weight is 478 g/mol. The molecular formula is C25H24ClN5O3. The molecule has 0 bridgehead atoms. The third-order valence-electron chi connectivity index (χ3n) is 5.82. The Labute approximate surface area is 200 Å². The van der Waals surface area contributed by atoms with E-state index in [0.29, 0.717) is 70.5 Å². The summed E-state index contributed by atoms with van der Waals surface area (Å²) in [5.41, 5.74) is 3.57. The zero-order chi connectivity index (χ0) is 23.8. The molecule has 0 saturated heterocycles. The van der Waals surface area contributed by atoms with Gasteiger partial charge >= 0.3 is 0 Å². The molecule has 9 heteroatoms. The number of fused-ring (bicyclic) bond motifs is 4. The molecule has 5 aromatic rings. The summed E-state index contributed by atoms with van der Waals surface area (Å²) < 4.78 is 14.3. The van der Waals surface area contributed by atoms with E-state index in [1.165, 1.54) is 0 Å². The van der Waals surface area contributed by atoms with Crippen molar-refractivity contribution < 1.29 is 9.47 Å². The Morgan fingerprint density at radius 2 is 1.79 bits per heavy atom. The van der Waals surface area contributed by atoms with Crippen molar-refractivity contribution in [2.24, 2.45) is 0 Å². The highest BCUT2D eigenvalue weighted by atomic mass is 35.5. The smallest absolute Gasteiger partial charge is 0.265 e. The summed E-state index contributed by atoms with van der Waals surface area (Å²) in [7, 11) is 1.57. The van der Waals surface area contributed by atoms with Crippen LogP contribution in [0.15, 0.2) is 47.3 Å². The maximum absolute atomic E-state index is 13.7. The Balaban J connectivity index is 1.83. The molecule has 0 saturated carbocycles. The number of rotatable bonds is 7. The molecule has 0 fully saturated rings. The highest BCUT2D eigenvalue weighted by molar-refractivity contribution is 6.32. The van der Waals surface area contributed by atoms with Crippen LogP contribution in [0.4, 0.5) is 0 Å². The molecule has 0 amide bonds. The number of hydrogen-bond acceptors (Lipinski definition) is 6. The fourth-order valence-corrected chi connectivity index (χ4v) is 4.45. The zero-order valence-corrected chi connectivity index (χ0v) is 20.0. The largest absolute Gasteiger partial charge is 0.495 e. The number of halogens is 1. The van der Waals surface area contributed by atoms with Crippen molar-refractivity contribution in [1.29, 1.82) is 0 Å². The zero-order valence-electron chi connectivity index (χ0n) is 19.2. The van der Waals surface area contributed by atoms with Gasteiger partial charge in [0.2, 0.25) is 0 Å². The van der Waals surface area contributed by atoms with Crippen molar-refractivity contribution in [3.8, 4) is 11.4 Å². The number of benzene rings is 2. The summed E-state index contributed by atoms with van der Waals surface area (Å²) in [6.45, 7) is 5.52. The van der Waals surface area contributed by atoms with E-state index in [4.69, 9.17) is 36.0 Å². The van der Waals surface area contributed by atoms with E-state index in [1.54, 1.807) is 23.8 Å². The third-order valence-corrected chi connectivity index (χ3v) is 6.12. The van der Waals surface area contributed by atoms with Crippen molar-refractivity contribution in [2.75, 3.05) is 20.3 Å². The van der Waals surface area contributed by atoms with Crippen LogP contribution in [0, 0.1) is 6.92 Å². The summed E-state index contributed by atoms with van der Waals surface area (Å²) in [6, 6.07) is 13.0. The minimum absolute atomic E-state index is 0.146. The van der Waals surface area contributed by atoms with Gasteiger partial charge in [-0.2, -0.15) is 0 Å². The topological polar surface area (TPSA) is 84.1 Å². The fraction of sp³-hybridized carbons (Fsp3) is 0.280. The first kappa shape index (κ1) is 22.3. The van der Waals surface area contributed by atoms with Gasteiger partial charge in [-0.05, 0) is 50.6 Å². The second-order valence-electron chi connectivity index (χ2n) is 7.90. The number of nitrogens with zero attached hydrogens (tertiary/aromatic N) is 5. The molecule has 8 nitrogen and oxygen atoms in total. The molecule has 0 aliphatic heterocycles. The lowest BCUT2D eigenvalue weighted by Crippen LogP contribution is -2.24. The van der Waals surface area contributed by atoms with Gasteiger partial charge in [0.05, 0.1) is 28.9 Å². The van der Waals surface area contributed by atoms with E-state index in [0.717, 1.165) is 11.2 Å². The van der Waals surface area contributed by atoms with Crippen LogP contribution in [0.1, 0.15) is 19.2 Å². The average Bonchev–Trinajstić information content (AvgIpc) is 3.14. The Hall–Kier alpha value is -3.49. The summed E-state index contributed by atoms with van der Waals surface area (Å²) in [4.78, 5) is 28.3. The lowest BCUT2D eigenvalue weighted by atomic mass is 10.3. The van der Waals surface area contributed by atoms with Crippen molar-refractivity contribution in [1.82, 2.24) is 24.1 Å². The molecule has 0 N–H and O–H groups in total. The minimum Gasteiger partial charge on any atom is -0.495 e. The Kier molecular flexibility index (Phi) is 5.93. The van der Waals surface area contributed by atoms with E-state index >= 15 is 0 Å². The molecule has 34 heavy (non-hydrogen) atoms. The van der Waals surface area contributed by atoms with Gasteiger partial charge in [0.15, 0.2) is 11.3 Å². The molecular weight excluding hydrogens is 454 g/mol. The van der Waals surface area contributed by atoms with Crippen molar-refractivity contribution in [2.45, 2.75) is 26.8 Å². The molecule has 0 radical (unpaired) electrons. The Morgan fingerprint density at radius 1 is 1.03 bits per heavy atom. The Morgan fingerprint density at radius 3 is 2.50 bits per heavy atom. The van der Waals surface area contributed by atoms with Crippen molar-refractivity contribution in [3.63, 3.8) is 0 Å². The second-order valence-corrected chi connectivity index (χ2v) is 8.31. The fourth-order valence-electron chi connectivity index (χ4n) is 4.20. The molecule has 0 aliphatic rings. The van der Waals surface area contributed by atoms with E-state index in [-0.39, 0.29) is 5.56 Å². The van der Waals surface area contributed by atoms with Gasteiger partial charge < -0.3 is 9.47 Å². The Bertz CT molecular complexity index is 1590. The highest BCUT2D eigenvalue weighted by Gasteiger charge is 2.22. The lowest BCUT2D eigenvalue weighted by molar-refractivity contribution is 0.141. The normalized spacial score (nSPS) is 11.6. The molecule has 0 aliphatic carbocycles. The number of para-hydroxylation sites is 2. The van der Waals surface area contributed by atoms with Crippen LogP contribution in [0.25, 0.3) is 38.9 Å². The van der Waals surface area contributed by atoms with Crippen molar-refractivity contribution >= 4 is 44.8 Å². The molecule has 5 rings (SSSR count). The molecule has 2 aromatic carbocycles. The number of hydrogen-bond donors (Lipinski definition) is 0. The highest BCUT2D eigenvalue weighted by Crippen LogP contribution is 2.32. The molecule has 0 unspecified atom stereocenters.